The van der Waals surface area contributed by atoms with Gasteiger partial charge >= 0.3 is 0 Å². The number of benzene rings is 2. The van der Waals surface area contributed by atoms with Crippen LogP contribution in [0.4, 0.5) is 0 Å². The van der Waals surface area contributed by atoms with E-state index in [1.54, 1.807) is 44.6 Å². The van der Waals surface area contributed by atoms with Crippen molar-refractivity contribution in [2.75, 3.05) is 20.8 Å². The molecule has 0 unspecified atom stereocenters. The highest BCUT2D eigenvalue weighted by Gasteiger charge is 2.04. The Kier molecular flexibility index (Phi) is 5.99. The second-order valence-corrected chi connectivity index (χ2v) is 4.50. The van der Waals surface area contributed by atoms with Gasteiger partial charge in [0.2, 0.25) is 0 Å². The van der Waals surface area contributed by atoms with Crippen LogP contribution < -0.4 is 19.6 Å². The number of ether oxygens (including phenoxy) is 3. The predicted octanol–water partition coefficient (Wildman–Crippen LogP) is 2.23. The summed E-state index contributed by atoms with van der Waals surface area (Å²) in [5.41, 5.74) is 3.09. The van der Waals surface area contributed by atoms with E-state index in [2.05, 4.69) is 10.5 Å². The molecule has 0 heterocycles. The van der Waals surface area contributed by atoms with E-state index in [-0.39, 0.29) is 12.5 Å². The van der Waals surface area contributed by atoms with Crippen molar-refractivity contribution >= 4 is 12.1 Å². The van der Waals surface area contributed by atoms with Crippen molar-refractivity contribution in [3.63, 3.8) is 0 Å². The lowest BCUT2D eigenvalue weighted by Crippen LogP contribution is -2.24. The largest absolute Gasteiger partial charge is 0.497 e. The van der Waals surface area contributed by atoms with Crippen LogP contribution in [-0.2, 0) is 4.79 Å². The third kappa shape index (κ3) is 5.03. The molecule has 2 aromatic rings. The molecule has 6 nitrogen and oxygen atoms in total. The van der Waals surface area contributed by atoms with Crippen molar-refractivity contribution in [2.45, 2.75) is 0 Å². The van der Waals surface area contributed by atoms with Gasteiger partial charge < -0.3 is 14.2 Å². The highest BCUT2D eigenvalue weighted by molar-refractivity contribution is 5.86. The summed E-state index contributed by atoms with van der Waals surface area (Å²) in [6, 6.07) is 14.4. The predicted molar refractivity (Wildman–Crippen MR) is 87.2 cm³/mol. The van der Waals surface area contributed by atoms with Crippen molar-refractivity contribution in [1.29, 1.82) is 0 Å². The highest BCUT2D eigenvalue weighted by Crippen LogP contribution is 2.22. The number of hydrogen-bond donors (Lipinski definition) is 1. The first kappa shape index (κ1) is 16.4. The zero-order chi connectivity index (χ0) is 16.5. The van der Waals surface area contributed by atoms with Crippen LogP contribution in [0.25, 0.3) is 0 Å². The first-order chi connectivity index (χ1) is 11.2. The summed E-state index contributed by atoms with van der Waals surface area (Å²) in [6.45, 7) is -0.114. The van der Waals surface area contributed by atoms with E-state index in [9.17, 15) is 4.79 Å². The molecule has 0 saturated heterocycles. The van der Waals surface area contributed by atoms with Crippen LogP contribution in [0.3, 0.4) is 0 Å². The Balaban J connectivity index is 1.89. The molecule has 0 fully saturated rings. The minimum absolute atomic E-state index is 0.114. The van der Waals surface area contributed by atoms with Crippen LogP contribution in [0.2, 0.25) is 0 Å². The Bertz CT molecular complexity index is 672. The van der Waals surface area contributed by atoms with Crippen LogP contribution in [0.5, 0.6) is 17.2 Å². The molecule has 0 atom stereocenters. The molecular weight excluding hydrogens is 296 g/mol. The summed E-state index contributed by atoms with van der Waals surface area (Å²) in [6.07, 6.45) is 1.49. The molecule has 2 aromatic carbocycles. The van der Waals surface area contributed by atoms with Crippen molar-refractivity contribution in [3.8, 4) is 17.2 Å². The molecule has 1 N–H and O–H groups in total. The maximum atomic E-state index is 11.7. The van der Waals surface area contributed by atoms with Gasteiger partial charge in [0.1, 0.15) is 17.2 Å². The van der Waals surface area contributed by atoms with E-state index in [1.807, 2.05) is 18.2 Å². The summed E-state index contributed by atoms with van der Waals surface area (Å²) >= 11 is 0. The van der Waals surface area contributed by atoms with Gasteiger partial charge in [-0.05, 0) is 30.3 Å². The lowest BCUT2D eigenvalue weighted by molar-refractivity contribution is -0.123. The molecule has 0 spiro atoms. The fourth-order valence-corrected chi connectivity index (χ4v) is 1.81. The van der Waals surface area contributed by atoms with Crippen LogP contribution in [0.1, 0.15) is 5.56 Å². The van der Waals surface area contributed by atoms with Gasteiger partial charge in [0.25, 0.3) is 5.91 Å². The quantitative estimate of drug-likeness (QED) is 0.628. The molecule has 0 saturated carbocycles. The van der Waals surface area contributed by atoms with E-state index in [4.69, 9.17) is 14.2 Å². The number of carbonyl (C=O) groups excluding carboxylic acids is 1. The lowest BCUT2D eigenvalue weighted by atomic mass is 10.2. The van der Waals surface area contributed by atoms with Gasteiger partial charge in [0.15, 0.2) is 6.61 Å². The molecule has 0 aliphatic rings. The van der Waals surface area contributed by atoms with Crippen molar-refractivity contribution in [2.24, 2.45) is 5.10 Å². The van der Waals surface area contributed by atoms with Crippen LogP contribution in [0, 0.1) is 0 Å². The summed E-state index contributed by atoms with van der Waals surface area (Å²) in [5.74, 6) is 1.57. The highest BCUT2D eigenvalue weighted by atomic mass is 16.5. The summed E-state index contributed by atoms with van der Waals surface area (Å²) in [4.78, 5) is 11.7. The number of hydrogen-bond acceptors (Lipinski definition) is 5. The first-order valence-electron chi connectivity index (χ1n) is 6.94. The van der Waals surface area contributed by atoms with Crippen molar-refractivity contribution in [3.05, 3.63) is 54.1 Å². The molecule has 0 aliphatic carbocycles. The molecule has 0 aliphatic heterocycles. The van der Waals surface area contributed by atoms with E-state index in [1.165, 1.54) is 6.21 Å². The SMILES string of the molecule is COc1ccc(OC)c(/C=N/NC(=O)COc2ccccc2)c1. The molecule has 0 bridgehead atoms. The second kappa shape index (κ2) is 8.43. The topological polar surface area (TPSA) is 69.2 Å². The lowest BCUT2D eigenvalue weighted by Gasteiger charge is -2.07. The van der Waals surface area contributed by atoms with E-state index in [0.29, 0.717) is 22.8 Å². The van der Waals surface area contributed by atoms with E-state index >= 15 is 0 Å². The molecule has 1 amide bonds. The first-order valence-corrected chi connectivity index (χ1v) is 6.94. The van der Waals surface area contributed by atoms with Gasteiger partial charge in [-0.15, -0.1) is 0 Å². The number of carbonyl (C=O) groups is 1. The number of methoxy groups -OCH3 is 2. The number of para-hydroxylation sites is 1. The number of hydrazone groups is 1. The Morgan fingerprint density at radius 2 is 1.87 bits per heavy atom. The number of amides is 1. The standard InChI is InChI=1S/C17H18N2O4/c1-21-15-8-9-16(22-2)13(10-15)11-18-19-17(20)12-23-14-6-4-3-5-7-14/h3-11H,12H2,1-2H3,(H,19,20)/b18-11+. The van der Waals surface area contributed by atoms with E-state index in [0.717, 1.165) is 0 Å². The molecule has 120 valence electrons. The molecule has 0 aromatic heterocycles. The third-order valence-electron chi connectivity index (χ3n) is 2.94. The summed E-state index contributed by atoms with van der Waals surface area (Å²) < 4.78 is 15.7. The minimum atomic E-state index is -0.355. The molecule has 23 heavy (non-hydrogen) atoms. The molecule has 0 radical (unpaired) electrons. The smallest absolute Gasteiger partial charge is 0.277 e. The zero-order valence-electron chi connectivity index (χ0n) is 13.0. The average Bonchev–Trinajstić information content (AvgIpc) is 2.60. The fraction of sp³-hybridized carbons (Fsp3) is 0.176. The van der Waals surface area contributed by atoms with Gasteiger partial charge in [-0.2, -0.15) is 5.10 Å². The normalized spacial score (nSPS) is 10.3. The van der Waals surface area contributed by atoms with Crippen LogP contribution >= 0.6 is 0 Å². The van der Waals surface area contributed by atoms with Crippen LogP contribution in [0.15, 0.2) is 53.6 Å². The number of nitrogens with zero attached hydrogens (tertiary/aromatic N) is 1. The maximum Gasteiger partial charge on any atom is 0.277 e. The summed E-state index contributed by atoms with van der Waals surface area (Å²) in [5, 5.41) is 3.90. The molecular formula is C17H18N2O4. The zero-order valence-corrected chi connectivity index (χ0v) is 13.0. The van der Waals surface area contributed by atoms with Gasteiger partial charge in [-0.25, -0.2) is 5.43 Å². The van der Waals surface area contributed by atoms with Crippen LogP contribution in [-0.4, -0.2) is 32.9 Å². The minimum Gasteiger partial charge on any atom is -0.497 e. The van der Waals surface area contributed by atoms with E-state index < -0.39 is 0 Å². The number of rotatable bonds is 7. The summed E-state index contributed by atoms with van der Waals surface area (Å²) in [7, 11) is 3.14. The van der Waals surface area contributed by atoms with Gasteiger partial charge in [-0.3, -0.25) is 4.79 Å². The maximum absolute atomic E-state index is 11.7. The van der Waals surface area contributed by atoms with Crippen molar-refractivity contribution in [1.82, 2.24) is 5.43 Å². The molecule has 6 heteroatoms. The second-order valence-electron chi connectivity index (χ2n) is 4.50. The third-order valence-corrected chi connectivity index (χ3v) is 2.94. The Labute approximate surface area is 134 Å². The Hall–Kier alpha value is -3.02. The number of nitrogens with one attached hydrogen (secondary N) is 1. The Morgan fingerprint density at radius 1 is 1.09 bits per heavy atom. The monoisotopic (exact) mass is 314 g/mol. The van der Waals surface area contributed by atoms with Gasteiger partial charge in [-0.1, -0.05) is 18.2 Å². The Morgan fingerprint density at radius 3 is 2.57 bits per heavy atom. The van der Waals surface area contributed by atoms with Crippen molar-refractivity contribution < 1.29 is 19.0 Å². The van der Waals surface area contributed by atoms with Gasteiger partial charge in [0.05, 0.1) is 20.4 Å². The van der Waals surface area contributed by atoms with Gasteiger partial charge in [0, 0.05) is 5.56 Å². The average molecular weight is 314 g/mol. The fourth-order valence-electron chi connectivity index (χ4n) is 1.81. The molecule has 2 rings (SSSR count).